The Kier molecular flexibility index (Phi) is 4.73. The first-order valence-electron chi connectivity index (χ1n) is 6.89. The summed E-state index contributed by atoms with van der Waals surface area (Å²) in [5.74, 6) is 3.23. The van der Waals surface area contributed by atoms with Crippen LogP contribution in [-0.4, -0.2) is 5.11 Å². The molecule has 0 atom stereocenters. The minimum atomic E-state index is 0.124. The first-order valence-corrected chi connectivity index (χ1v) is 6.89. The van der Waals surface area contributed by atoms with E-state index >= 15 is 0 Å². The van der Waals surface area contributed by atoms with Gasteiger partial charge in [0, 0.05) is 5.56 Å². The summed E-state index contributed by atoms with van der Waals surface area (Å²) in [6.45, 7) is 4.30. The Balaban J connectivity index is 2.25. The summed E-state index contributed by atoms with van der Waals surface area (Å²) in [7, 11) is 0. The highest BCUT2D eigenvalue weighted by molar-refractivity contribution is 5.53. The maximum atomic E-state index is 9.86. The van der Waals surface area contributed by atoms with E-state index < -0.39 is 0 Å². The zero-order valence-electron chi connectivity index (χ0n) is 12.2. The molecule has 0 unspecified atom stereocenters. The Hall–Kier alpha value is -2.60. The second-order valence-electron chi connectivity index (χ2n) is 5.32. The monoisotopic (exact) mass is 278 g/mol. The number of aromatic hydroxyl groups is 1. The molecule has 0 saturated heterocycles. The lowest BCUT2D eigenvalue weighted by atomic mass is 10.0. The van der Waals surface area contributed by atoms with Crippen molar-refractivity contribution in [2.24, 2.45) is 16.1 Å². The smallest absolute Gasteiger partial charge is 0.143 e. The maximum Gasteiger partial charge on any atom is 0.143 e. The molecule has 0 saturated carbocycles. The molecule has 0 aliphatic rings. The van der Waals surface area contributed by atoms with Crippen LogP contribution in [0.15, 0.2) is 52.7 Å². The number of phenolic OH excluding ortho intramolecular Hbond substituents is 1. The van der Waals surface area contributed by atoms with E-state index in [0.29, 0.717) is 17.3 Å². The van der Waals surface area contributed by atoms with Crippen LogP contribution in [0.2, 0.25) is 0 Å². The number of phenols is 1. The lowest BCUT2D eigenvalue weighted by Gasteiger charge is -2.06. The van der Waals surface area contributed by atoms with Crippen LogP contribution in [0.4, 0.5) is 11.4 Å². The quantitative estimate of drug-likeness (QED) is 0.621. The van der Waals surface area contributed by atoms with Crippen molar-refractivity contribution in [3.8, 4) is 18.1 Å². The average Bonchev–Trinajstić information content (AvgIpc) is 2.47. The molecule has 0 radical (unpaired) electrons. The van der Waals surface area contributed by atoms with Crippen molar-refractivity contribution in [1.82, 2.24) is 0 Å². The number of terminal acetylenes is 1. The number of hydrogen-bond acceptors (Lipinski definition) is 3. The Morgan fingerprint density at radius 2 is 1.95 bits per heavy atom. The van der Waals surface area contributed by atoms with Crippen LogP contribution < -0.4 is 0 Å². The van der Waals surface area contributed by atoms with Gasteiger partial charge in [-0.05, 0) is 48.2 Å². The highest BCUT2D eigenvalue weighted by atomic mass is 16.3. The van der Waals surface area contributed by atoms with Crippen molar-refractivity contribution in [2.75, 3.05) is 0 Å². The molecule has 2 aromatic carbocycles. The van der Waals surface area contributed by atoms with Gasteiger partial charge in [-0.3, -0.25) is 0 Å². The van der Waals surface area contributed by atoms with Crippen molar-refractivity contribution < 1.29 is 5.11 Å². The summed E-state index contributed by atoms with van der Waals surface area (Å²) < 4.78 is 0. The molecule has 3 nitrogen and oxygen atoms in total. The van der Waals surface area contributed by atoms with E-state index in [-0.39, 0.29) is 5.75 Å². The first kappa shape index (κ1) is 14.8. The van der Waals surface area contributed by atoms with Gasteiger partial charge in [0.25, 0.3) is 0 Å². The highest BCUT2D eigenvalue weighted by Gasteiger charge is 2.04. The molecule has 0 amide bonds. The van der Waals surface area contributed by atoms with Gasteiger partial charge < -0.3 is 5.11 Å². The third kappa shape index (κ3) is 4.19. The SMILES string of the molecule is C#Cc1cccc(N=Nc2cc(CC(C)C)ccc2O)c1. The van der Waals surface area contributed by atoms with E-state index in [9.17, 15) is 5.11 Å². The number of rotatable bonds is 4. The van der Waals surface area contributed by atoms with Crippen LogP contribution in [0.1, 0.15) is 25.0 Å². The zero-order valence-corrected chi connectivity index (χ0v) is 12.2. The molecule has 0 aliphatic carbocycles. The van der Waals surface area contributed by atoms with Crippen molar-refractivity contribution in [3.05, 3.63) is 53.6 Å². The fourth-order valence-electron chi connectivity index (χ4n) is 2.02. The topological polar surface area (TPSA) is 45.0 Å². The minimum absolute atomic E-state index is 0.124. The lowest BCUT2D eigenvalue weighted by Crippen LogP contribution is -1.93. The summed E-state index contributed by atoms with van der Waals surface area (Å²) in [6, 6.07) is 12.7. The molecule has 0 aliphatic heterocycles. The molecule has 0 spiro atoms. The molecule has 0 fully saturated rings. The van der Waals surface area contributed by atoms with Gasteiger partial charge >= 0.3 is 0 Å². The van der Waals surface area contributed by atoms with E-state index in [1.165, 1.54) is 0 Å². The van der Waals surface area contributed by atoms with Gasteiger partial charge in [-0.1, -0.05) is 31.9 Å². The van der Waals surface area contributed by atoms with E-state index in [4.69, 9.17) is 6.42 Å². The third-order valence-electron chi connectivity index (χ3n) is 2.97. The zero-order chi connectivity index (χ0) is 15.2. The standard InChI is InChI=1S/C18H18N2O/c1-4-14-6-5-7-16(11-14)19-20-17-12-15(10-13(2)3)8-9-18(17)21/h1,5-9,11-13,21H,10H2,2-3H3. The summed E-state index contributed by atoms with van der Waals surface area (Å²) >= 11 is 0. The second kappa shape index (κ2) is 6.71. The fraction of sp³-hybridized carbons (Fsp3) is 0.222. The molecule has 1 N–H and O–H groups in total. The Morgan fingerprint density at radius 1 is 1.14 bits per heavy atom. The number of hydrogen-bond donors (Lipinski definition) is 1. The van der Waals surface area contributed by atoms with Gasteiger partial charge in [0.2, 0.25) is 0 Å². The third-order valence-corrected chi connectivity index (χ3v) is 2.97. The average molecular weight is 278 g/mol. The Labute approximate surface area is 125 Å². The van der Waals surface area contributed by atoms with Crippen molar-refractivity contribution in [2.45, 2.75) is 20.3 Å². The van der Waals surface area contributed by atoms with E-state index in [0.717, 1.165) is 17.5 Å². The Morgan fingerprint density at radius 3 is 2.67 bits per heavy atom. The predicted molar refractivity (Wildman–Crippen MR) is 85.2 cm³/mol. The molecule has 0 heterocycles. The molecule has 0 bridgehead atoms. The second-order valence-corrected chi connectivity index (χ2v) is 5.32. The summed E-state index contributed by atoms with van der Waals surface area (Å²) in [4.78, 5) is 0. The molecule has 106 valence electrons. The van der Waals surface area contributed by atoms with E-state index in [2.05, 4.69) is 30.0 Å². The van der Waals surface area contributed by atoms with Crippen molar-refractivity contribution >= 4 is 11.4 Å². The molecule has 21 heavy (non-hydrogen) atoms. The summed E-state index contributed by atoms with van der Waals surface area (Å²) in [6.07, 6.45) is 6.29. The molecular formula is C18H18N2O. The molecule has 2 rings (SSSR count). The van der Waals surface area contributed by atoms with Gasteiger partial charge in [-0.15, -0.1) is 11.5 Å². The van der Waals surface area contributed by atoms with Crippen LogP contribution in [0.5, 0.6) is 5.75 Å². The minimum Gasteiger partial charge on any atom is -0.506 e. The van der Waals surface area contributed by atoms with Gasteiger partial charge in [-0.2, -0.15) is 5.11 Å². The Bertz CT molecular complexity index is 697. The van der Waals surface area contributed by atoms with E-state index in [1.807, 2.05) is 30.3 Å². The number of benzene rings is 2. The lowest BCUT2D eigenvalue weighted by molar-refractivity contribution is 0.476. The molecule has 2 aromatic rings. The number of azo groups is 1. The highest BCUT2D eigenvalue weighted by Crippen LogP contribution is 2.30. The van der Waals surface area contributed by atoms with Crippen molar-refractivity contribution in [1.29, 1.82) is 0 Å². The van der Waals surface area contributed by atoms with Gasteiger partial charge in [0.1, 0.15) is 11.4 Å². The summed E-state index contributed by atoms with van der Waals surface area (Å²) in [5, 5.41) is 18.1. The predicted octanol–water partition coefficient (Wildman–Crippen LogP) is 4.99. The van der Waals surface area contributed by atoms with Crippen LogP contribution in [0.25, 0.3) is 0 Å². The van der Waals surface area contributed by atoms with Crippen LogP contribution in [-0.2, 0) is 6.42 Å². The first-order chi connectivity index (χ1) is 10.1. The molecular weight excluding hydrogens is 260 g/mol. The van der Waals surface area contributed by atoms with Crippen molar-refractivity contribution in [3.63, 3.8) is 0 Å². The maximum absolute atomic E-state index is 9.86. The van der Waals surface area contributed by atoms with Crippen LogP contribution in [0, 0.1) is 18.3 Å². The largest absolute Gasteiger partial charge is 0.506 e. The fourth-order valence-corrected chi connectivity index (χ4v) is 2.02. The van der Waals surface area contributed by atoms with E-state index in [1.54, 1.807) is 12.1 Å². The van der Waals surface area contributed by atoms with Gasteiger partial charge in [0.15, 0.2) is 0 Å². The van der Waals surface area contributed by atoms with Gasteiger partial charge in [0.05, 0.1) is 5.69 Å². The van der Waals surface area contributed by atoms with Gasteiger partial charge in [-0.25, -0.2) is 0 Å². The van der Waals surface area contributed by atoms with Crippen LogP contribution >= 0.6 is 0 Å². The van der Waals surface area contributed by atoms with Crippen LogP contribution in [0.3, 0.4) is 0 Å². The normalized spacial score (nSPS) is 11.0. The molecule has 0 aromatic heterocycles. The molecule has 3 heteroatoms. The summed E-state index contributed by atoms with van der Waals surface area (Å²) in [5.41, 5.74) is 3.02. The number of nitrogens with zero attached hydrogens (tertiary/aromatic N) is 2.